The maximum atomic E-state index is 11.7. The molecule has 5 nitrogen and oxygen atoms in total. The predicted molar refractivity (Wildman–Crippen MR) is 60.8 cm³/mol. The Bertz CT molecular complexity index is 414. The van der Waals surface area contributed by atoms with E-state index in [2.05, 4.69) is 5.32 Å². The minimum atomic E-state index is -0.975. The Kier molecular flexibility index (Phi) is 3.22. The molecule has 0 bridgehead atoms. The maximum Gasteiger partial charge on any atom is 0.287 e. The molecule has 0 saturated carbocycles. The third-order valence-electron chi connectivity index (χ3n) is 3.18. The first-order valence-electron chi connectivity index (χ1n) is 5.70. The van der Waals surface area contributed by atoms with E-state index in [-0.39, 0.29) is 24.3 Å². The molecule has 5 heteroatoms. The predicted octanol–water partition coefficient (Wildman–Crippen LogP) is 0.858. The van der Waals surface area contributed by atoms with Crippen LogP contribution in [0.2, 0.25) is 0 Å². The van der Waals surface area contributed by atoms with Crippen LogP contribution in [-0.4, -0.2) is 35.9 Å². The molecule has 2 unspecified atom stereocenters. The average Bonchev–Trinajstić information content (AvgIpc) is 2.84. The Labute approximate surface area is 99.8 Å². The zero-order valence-electron chi connectivity index (χ0n) is 10.0. The average molecular weight is 239 g/mol. The number of nitrogens with one attached hydrogen (secondary N) is 1. The lowest BCUT2D eigenvalue weighted by Gasteiger charge is -2.25. The van der Waals surface area contributed by atoms with Crippen LogP contribution in [0.15, 0.2) is 16.5 Å². The molecule has 1 aliphatic heterocycles. The van der Waals surface area contributed by atoms with Gasteiger partial charge in [-0.25, -0.2) is 0 Å². The van der Waals surface area contributed by atoms with E-state index in [0.717, 1.165) is 0 Å². The highest BCUT2D eigenvalue weighted by Gasteiger charge is 2.39. The zero-order chi connectivity index (χ0) is 12.5. The number of aliphatic hydroxyl groups is 1. The molecule has 1 saturated heterocycles. The minimum absolute atomic E-state index is 0.173. The van der Waals surface area contributed by atoms with Gasteiger partial charge in [-0.05, 0) is 26.0 Å². The summed E-state index contributed by atoms with van der Waals surface area (Å²) in [5, 5.41) is 12.9. The van der Waals surface area contributed by atoms with Crippen LogP contribution >= 0.6 is 0 Å². The standard InChI is InChI=1S/C12H17NO4/c1-8-3-4-10(17-8)11(14)13-7-12(15)5-6-16-9(12)2/h3-4,9,15H,5-7H2,1-2H3,(H,13,14). The first kappa shape index (κ1) is 12.1. The Morgan fingerprint density at radius 3 is 2.94 bits per heavy atom. The fourth-order valence-corrected chi connectivity index (χ4v) is 1.88. The van der Waals surface area contributed by atoms with E-state index in [1.807, 2.05) is 0 Å². The van der Waals surface area contributed by atoms with Gasteiger partial charge < -0.3 is 19.6 Å². The third-order valence-corrected chi connectivity index (χ3v) is 3.18. The molecule has 1 fully saturated rings. The summed E-state index contributed by atoms with van der Waals surface area (Å²) in [7, 11) is 0. The van der Waals surface area contributed by atoms with Crippen LogP contribution < -0.4 is 5.32 Å². The van der Waals surface area contributed by atoms with Crippen molar-refractivity contribution in [2.24, 2.45) is 0 Å². The monoisotopic (exact) mass is 239 g/mol. The molecule has 2 N–H and O–H groups in total. The van der Waals surface area contributed by atoms with Crippen molar-refractivity contribution in [1.82, 2.24) is 5.32 Å². The molecule has 1 aliphatic rings. The normalized spacial score (nSPS) is 28.3. The Morgan fingerprint density at radius 1 is 1.65 bits per heavy atom. The minimum Gasteiger partial charge on any atom is -0.456 e. The molecule has 94 valence electrons. The molecule has 17 heavy (non-hydrogen) atoms. The Morgan fingerprint density at radius 2 is 2.41 bits per heavy atom. The fourth-order valence-electron chi connectivity index (χ4n) is 1.88. The van der Waals surface area contributed by atoms with E-state index in [9.17, 15) is 9.90 Å². The summed E-state index contributed by atoms with van der Waals surface area (Å²) in [5.41, 5.74) is -0.975. The Hall–Kier alpha value is -1.33. The molecule has 2 atom stereocenters. The molecular weight excluding hydrogens is 222 g/mol. The van der Waals surface area contributed by atoms with Gasteiger partial charge in [0.25, 0.3) is 5.91 Å². The van der Waals surface area contributed by atoms with E-state index in [1.54, 1.807) is 26.0 Å². The van der Waals surface area contributed by atoms with Crippen molar-refractivity contribution in [2.45, 2.75) is 32.0 Å². The maximum absolute atomic E-state index is 11.7. The summed E-state index contributed by atoms with van der Waals surface area (Å²) < 4.78 is 10.5. The van der Waals surface area contributed by atoms with Crippen LogP contribution in [0.4, 0.5) is 0 Å². The zero-order valence-corrected chi connectivity index (χ0v) is 10.0. The highest BCUT2D eigenvalue weighted by molar-refractivity contribution is 5.91. The molecule has 1 aromatic heterocycles. The second kappa shape index (κ2) is 4.50. The van der Waals surface area contributed by atoms with Crippen LogP contribution in [0.1, 0.15) is 29.7 Å². The number of hydrogen-bond donors (Lipinski definition) is 2. The van der Waals surface area contributed by atoms with E-state index >= 15 is 0 Å². The molecule has 0 aliphatic carbocycles. The number of rotatable bonds is 3. The molecule has 0 radical (unpaired) electrons. The van der Waals surface area contributed by atoms with Gasteiger partial charge in [-0.3, -0.25) is 4.79 Å². The Balaban J connectivity index is 1.92. The number of ether oxygens (including phenoxy) is 1. The van der Waals surface area contributed by atoms with Gasteiger partial charge >= 0.3 is 0 Å². The molecule has 2 rings (SSSR count). The second-order valence-corrected chi connectivity index (χ2v) is 4.46. The van der Waals surface area contributed by atoms with Crippen molar-refractivity contribution in [3.05, 3.63) is 23.7 Å². The van der Waals surface area contributed by atoms with Gasteiger partial charge in [0.05, 0.1) is 6.10 Å². The number of furan rings is 1. The van der Waals surface area contributed by atoms with Gasteiger partial charge in [-0.1, -0.05) is 0 Å². The van der Waals surface area contributed by atoms with Crippen molar-refractivity contribution in [1.29, 1.82) is 0 Å². The smallest absolute Gasteiger partial charge is 0.287 e. The first-order chi connectivity index (χ1) is 8.01. The van der Waals surface area contributed by atoms with Crippen LogP contribution in [0.5, 0.6) is 0 Å². The van der Waals surface area contributed by atoms with Crippen molar-refractivity contribution < 1.29 is 19.1 Å². The number of hydrogen-bond acceptors (Lipinski definition) is 4. The number of aryl methyl sites for hydroxylation is 1. The summed E-state index contributed by atoms with van der Waals surface area (Å²) in [6, 6.07) is 3.34. The van der Waals surface area contributed by atoms with Crippen molar-refractivity contribution in [3.63, 3.8) is 0 Å². The highest BCUT2D eigenvalue weighted by atomic mass is 16.5. The SMILES string of the molecule is Cc1ccc(C(=O)NCC2(O)CCOC2C)o1. The fraction of sp³-hybridized carbons (Fsp3) is 0.583. The van der Waals surface area contributed by atoms with Crippen LogP contribution in [0.3, 0.4) is 0 Å². The lowest BCUT2D eigenvalue weighted by molar-refractivity contribution is -0.0252. The van der Waals surface area contributed by atoms with Crippen molar-refractivity contribution in [2.75, 3.05) is 13.2 Å². The molecule has 1 aromatic rings. The second-order valence-electron chi connectivity index (χ2n) is 4.46. The number of carbonyl (C=O) groups is 1. The molecular formula is C12H17NO4. The van der Waals surface area contributed by atoms with Crippen LogP contribution in [0.25, 0.3) is 0 Å². The van der Waals surface area contributed by atoms with Gasteiger partial charge in [-0.15, -0.1) is 0 Å². The lowest BCUT2D eigenvalue weighted by atomic mass is 9.97. The molecule has 1 amide bonds. The van der Waals surface area contributed by atoms with Crippen molar-refractivity contribution >= 4 is 5.91 Å². The third kappa shape index (κ3) is 2.50. The molecule has 0 aromatic carbocycles. The van der Waals surface area contributed by atoms with Gasteiger partial charge in [0, 0.05) is 19.6 Å². The summed E-state index contributed by atoms with van der Waals surface area (Å²) >= 11 is 0. The molecule has 0 spiro atoms. The van der Waals surface area contributed by atoms with Crippen molar-refractivity contribution in [3.8, 4) is 0 Å². The lowest BCUT2D eigenvalue weighted by Crippen LogP contribution is -2.47. The summed E-state index contributed by atoms with van der Waals surface area (Å²) in [4.78, 5) is 11.7. The van der Waals surface area contributed by atoms with E-state index < -0.39 is 5.60 Å². The van der Waals surface area contributed by atoms with Gasteiger partial charge in [0.1, 0.15) is 11.4 Å². The molecule has 2 heterocycles. The summed E-state index contributed by atoms with van der Waals surface area (Å²) in [5.74, 6) is 0.634. The summed E-state index contributed by atoms with van der Waals surface area (Å²) in [6.07, 6.45) is 0.271. The van der Waals surface area contributed by atoms with E-state index in [1.165, 1.54) is 0 Å². The number of amides is 1. The van der Waals surface area contributed by atoms with Gasteiger partial charge in [-0.2, -0.15) is 0 Å². The van der Waals surface area contributed by atoms with E-state index in [4.69, 9.17) is 9.15 Å². The first-order valence-corrected chi connectivity index (χ1v) is 5.70. The van der Waals surface area contributed by atoms with Crippen LogP contribution in [-0.2, 0) is 4.74 Å². The largest absolute Gasteiger partial charge is 0.456 e. The van der Waals surface area contributed by atoms with Crippen LogP contribution in [0, 0.1) is 6.92 Å². The summed E-state index contributed by atoms with van der Waals surface area (Å²) in [6.45, 7) is 4.27. The quantitative estimate of drug-likeness (QED) is 0.820. The van der Waals surface area contributed by atoms with Gasteiger partial charge in [0.15, 0.2) is 5.76 Å². The van der Waals surface area contributed by atoms with E-state index in [0.29, 0.717) is 18.8 Å². The number of carbonyl (C=O) groups excluding carboxylic acids is 1. The van der Waals surface area contributed by atoms with Gasteiger partial charge in [0.2, 0.25) is 0 Å². The topological polar surface area (TPSA) is 71.7 Å². The highest BCUT2D eigenvalue weighted by Crippen LogP contribution is 2.24.